The van der Waals surface area contributed by atoms with Crippen LogP contribution >= 0.6 is 11.3 Å². The summed E-state index contributed by atoms with van der Waals surface area (Å²) in [6.07, 6.45) is 0.817. The average molecular weight is 226 g/mol. The summed E-state index contributed by atoms with van der Waals surface area (Å²) in [4.78, 5) is 14.7. The van der Waals surface area contributed by atoms with E-state index in [0.29, 0.717) is 6.54 Å². The summed E-state index contributed by atoms with van der Waals surface area (Å²) in [5, 5.41) is 14.6. The predicted molar refractivity (Wildman–Crippen MR) is 60.2 cm³/mol. The molecule has 0 fully saturated rings. The van der Waals surface area contributed by atoms with Crippen LogP contribution in [0.3, 0.4) is 0 Å². The fraction of sp³-hybridized carbons (Fsp3) is 0.400. The van der Waals surface area contributed by atoms with E-state index in [0.717, 1.165) is 23.7 Å². The molecule has 0 radical (unpaired) electrons. The quantitative estimate of drug-likeness (QED) is 0.565. The highest BCUT2D eigenvalue weighted by Gasteiger charge is 2.03. The zero-order valence-corrected chi connectivity index (χ0v) is 9.43. The van der Waals surface area contributed by atoms with Crippen LogP contribution in [-0.4, -0.2) is 29.1 Å². The Kier molecular flexibility index (Phi) is 4.45. The molecule has 0 aromatic carbocycles. The minimum Gasteiger partial charge on any atom is -0.478 e. The van der Waals surface area contributed by atoms with Crippen LogP contribution in [0.2, 0.25) is 0 Å². The third-order valence-corrected chi connectivity index (χ3v) is 2.69. The van der Waals surface area contributed by atoms with E-state index in [1.165, 1.54) is 0 Å². The van der Waals surface area contributed by atoms with Crippen LogP contribution in [0.5, 0.6) is 0 Å². The molecule has 82 valence electrons. The van der Waals surface area contributed by atoms with Gasteiger partial charge in [-0.3, -0.25) is 0 Å². The Balaban J connectivity index is 2.17. The number of thiazole rings is 1. The van der Waals surface area contributed by atoms with E-state index in [1.54, 1.807) is 11.3 Å². The van der Waals surface area contributed by atoms with Crippen molar-refractivity contribution in [1.29, 1.82) is 0 Å². The van der Waals surface area contributed by atoms with Gasteiger partial charge in [-0.15, -0.1) is 11.3 Å². The molecule has 15 heavy (non-hydrogen) atoms. The van der Waals surface area contributed by atoms with Gasteiger partial charge in [-0.1, -0.05) is 6.58 Å². The smallest absolute Gasteiger partial charge is 0.332 e. The normalized spacial score (nSPS) is 10.2. The molecule has 0 aliphatic heterocycles. The highest BCUT2D eigenvalue weighted by Crippen LogP contribution is 2.07. The molecular formula is C10H14N2O2S. The van der Waals surface area contributed by atoms with E-state index in [4.69, 9.17) is 5.11 Å². The Morgan fingerprint density at radius 1 is 1.73 bits per heavy atom. The highest BCUT2D eigenvalue weighted by molar-refractivity contribution is 7.09. The number of aromatic nitrogens is 1. The first kappa shape index (κ1) is 11.9. The van der Waals surface area contributed by atoms with Crippen LogP contribution in [0.15, 0.2) is 17.5 Å². The van der Waals surface area contributed by atoms with Gasteiger partial charge in [0.05, 0.1) is 10.7 Å². The highest BCUT2D eigenvalue weighted by atomic mass is 32.1. The second-order valence-corrected chi connectivity index (χ2v) is 4.26. The molecule has 5 heteroatoms. The number of hydrogen-bond donors (Lipinski definition) is 2. The second-order valence-electron chi connectivity index (χ2n) is 3.19. The number of aryl methyl sites for hydroxylation is 1. The number of rotatable bonds is 6. The van der Waals surface area contributed by atoms with Crippen molar-refractivity contribution in [3.05, 3.63) is 28.2 Å². The van der Waals surface area contributed by atoms with Gasteiger partial charge in [-0.25, -0.2) is 9.78 Å². The van der Waals surface area contributed by atoms with Crippen LogP contribution in [0, 0.1) is 6.92 Å². The maximum Gasteiger partial charge on any atom is 0.332 e. The number of carboxylic acids is 1. The zero-order valence-electron chi connectivity index (χ0n) is 8.62. The number of hydrogen-bond acceptors (Lipinski definition) is 4. The lowest BCUT2D eigenvalue weighted by molar-refractivity contribution is -0.132. The number of carbonyl (C=O) groups is 1. The van der Waals surface area contributed by atoms with Gasteiger partial charge in [0.25, 0.3) is 0 Å². The molecule has 0 bridgehead atoms. The first-order valence-electron chi connectivity index (χ1n) is 4.62. The summed E-state index contributed by atoms with van der Waals surface area (Å²) < 4.78 is 0. The maximum absolute atomic E-state index is 10.4. The maximum atomic E-state index is 10.4. The van der Waals surface area contributed by atoms with Gasteiger partial charge in [-0.05, 0) is 6.92 Å². The fourth-order valence-electron chi connectivity index (χ4n) is 1.05. The van der Waals surface area contributed by atoms with E-state index >= 15 is 0 Å². The van der Waals surface area contributed by atoms with Crippen LogP contribution in [0.25, 0.3) is 0 Å². The summed E-state index contributed by atoms with van der Waals surface area (Å²) in [6.45, 7) is 6.43. The number of nitrogens with zero attached hydrogens (tertiary/aromatic N) is 1. The van der Waals surface area contributed by atoms with Crippen molar-refractivity contribution in [2.24, 2.45) is 0 Å². The minimum absolute atomic E-state index is 0.185. The van der Waals surface area contributed by atoms with Crippen molar-refractivity contribution in [2.75, 3.05) is 13.1 Å². The summed E-state index contributed by atoms with van der Waals surface area (Å²) in [6, 6.07) is 0. The summed E-state index contributed by atoms with van der Waals surface area (Å²) >= 11 is 1.62. The predicted octanol–water partition coefficient (Wildman–Crippen LogP) is 1.22. The number of aliphatic carboxylic acids is 1. The molecule has 2 N–H and O–H groups in total. The second kappa shape index (κ2) is 5.63. The van der Waals surface area contributed by atoms with Gasteiger partial charge in [0.2, 0.25) is 0 Å². The van der Waals surface area contributed by atoms with Crippen LogP contribution in [-0.2, 0) is 11.2 Å². The molecule has 1 heterocycles. The fourth-order valence-corrected chi connectivity index (χ4v) is 1.70. The minimum atomic E-state index is -0.952. The van der Waals surface area contributed by atoms with Crippen molar-refractivity contribution in [2.45, 2.75) is 13.3 Å². The molecule has 0 unspecified atom stereocenters. The largest absolute Gasteiger partial charge is 0.478 e. The molecule has 1 aromatic heterocycles. The van der Waals surface area contributed by atoms with Crippen LogP contribution in [0.1, 0.15) is 10.7 Å². The Labute approximate surface area is 92.7 Å². The standard InChI is InChI=1S/C10H14N2O2S/c1-7(10(13)14)5-11-4-3-9-6-15-8(2)12-9/h6,11H,1,3-5H2,2H3,(H,13,14). The lowest BCUT2D eigenvalue weighted by Crippen LogP contribution is -2.22. The Morgan fingerprint density at radius 2 is 2.47 bits per heavy atom. The van der Waals surface area contributed by atoms with Gasteiger partial charge in [0.15, 0.2) is 0 Å². The van der Waals surface area contributed by atoms with Gasteiger partial charge in [-0.2, -0.15) is 0 Å². The Hall–Kier alpha value is -1.20. The van der Waals surface area contributed by atoms with Gasteiger partial charge < -0.3 is 10.4 Å². The molecule has 0 aliphatic rings. The SMILES string of the molecule is C=C(CNCCc1csc(C)n1)C(=O)O. The van der Waals surface area contributed by atoms with Crippen LogP contribution < -0.4 is 5.32 Å². The van der Waals surface area contributed by atoms with E-state index in [2.05, 4.69) is 16.9 Å². The first-order valence-corrected chi connectivity index (χ1v) is 5.50. The van der Waals surface area contributed by atoms with Gasteiger partial charge >= 0.3 is 5.97 Å². The molecule has 0 saturated carbocycles. The lowest BCUT2D eigenvalue weighted by atomic mass is 10.3. The molecule has 1 aromatic rings. The van der Waals surface area contributed by atoms with Crippen molar-refractivity contribution >= 4 is 17.3 Å². The molecule has 0 aliphatic carbocycles. The lowest BCUT2D eigenvalue weighted by Gasteiger charge is -2.02. The van der Waals surface area contributed by atoms with E-state index in [9.17, 15) is 4.79 Å². The Bertz CT molecular complexity index is 360. The zero-order chi connectivity index (χ0) is 11.3. The van der Waals surface area contributed by atoms with Gasteiger partial charge in [0.1, 0.15) is 0 Å². The van der Waals surface area contributed by atoms with Gasteiger partial charge in [0, 0.05) is 30.5 Å². The van der Waals surface area contributed by atoms with Crippen LogP contribution in [0.4, 0.5) is 0 Å². The summed E-state index contributed by atoms with van der Waals surface area (Å²) in [7, 11) is 0. The topological polar surface area (TPSA) is 62.2 Å². The van der Waals surface area contributed by atoms with E-state index < -0.39 is 5.97 Å². The van der Waals surface area contributed by atoms with E-state index in [1.807, 2.05) is 12.3 Å². The van der Waals surface area contributed by atoms with E-state index in [-0.39, 0.29) is 5.57 Å². The monoisotopic (exact) mass is 226 g/mol. The number of carboxylic acid groups (broad SMARTS) is 1. The summed E-state index contributed by atoms with van der Waals surface area (Å²) in [5.74, 6) is -0.952. The van der Waals surface area contributed by atoms with Crippen molar-refractivity contribution in [1.82, 2.24) is 10.3 Å². The van der Waals surface area contributed by atoms with Crippen molar-refractivity contribution < 1.29 is 9.90 Å². The summed E-state index contributed by atoms with van der Waals surface area (Å²) in [5.41, 5.74) is 1.23. The Morgan fingerprint density at radius 3 is 3.00 bits per heavy atom. The number of nitrogens with one attached hydrogen (secondary N) is 1. The molecule has 0 saturated heterocycles. The molecule has 1 rings (SSSR count). The third-order valence-electron chi connectivity index (χ3n) is 1.87. The molecule has 0 amide bonds. The molecule has 0 atom stereocenters. The van der Waals surface area contributed by atoms with Crippen molar-refractivity contribution in [3.8, 4) is 0 Å². The molecule has 0 spiro atoms. The molecular weight excluding hydrogens is 212 g/mol. The third kappa shape index (κ3) is 4.22. The van der Waals surface area contributed by atoms with Crippen molar-refractivity contribution in [3.63, 3.8) is 0 Å². The first-order chi connectivity index (χ1) is 7.09. The average Bonchev–Trinajstić information content (AvgIpc) is 2.58. The molecule has 4 nitrogen and oxygen atoms in total.